The van der Waals surface area contributed by atoms with Gasteiger partial charge in [0.05, 0.1) is 31.5 Å². The molecular formula is C19H40O7. The minimum Gasteiger partial charge on any atom is -0.396 e. The molecule has 158 valence electrons. The van der Waals surface area contributed by atoms with Gasteiger partial charge in [-0.1, -0.05) is 32.1 Å². The Hall–Kier alpha value is -0.280. The molecule has 0 fully saturated rings. The first-order valence-electron chi connectivity index (χ1n) is 9.94. The fourth-order valence-electron chi connectivity index (χ4n) is 3.09. The summed E-state index contributed by atoms with van der Waals surface area (Å²) in [6, 6.07) is 0. The minimum absolute atomic E-state index is 0.134. The van der Waals surface area contributed by atoms with Gasteiger partial charge < -0.3 is 35.4 Å². The molecule has 0 aromatic heterocycles. The first-order valence-corrected chi connectivity index (χ1v) is 9.94. The van der Waals surface area contributed by atoms with Gasteiger partial charge in [-0.2, -0.15) is 0 Å². The van der Waals surface area contributed by atoms with Crippen molar-refractivity contribution >= 4 is 0 Å². The lowest BCUT2D eigenvalue weighted by molar-refractivity contribution is -0.0564. The van der Waals surface area contributed by atoms with E-state index in [1.165, 1.54) is 0 Å². The van der Waals surface area contributed by atoms with Crippen molar-refractivity contribution in [2.24, 2.45) is 5.92 Å². The molecule has 0 aliphatic carbocycles. The molecule has 0 heterocycles. The Labute approximate surface area is 157 Å². The number of rotatable bonds is 18. The van der Waals surface area contributed by atoms with Crippen molar-refractivity contribution in [3.05, 3.63) is 0 Å². The summed E-state index contributed by atoms with van der Waals surface area (Å²) in [5, 5.41) is 55.7. The van der Waals surface area contributed by atoms with Gasteiger partial charge in [0.1, 0.15) is 0 Å². The van der Waals surface area contributed by atoms with Gasteiger partial charge in [0.2, 0.25) is 0 Å². The maximum atomic E-state index is 10.2. The zero-order valence-corrected chi connectivity index (χ0v) is 16.2. The molecule has 0 saturated carbocycles. The molecule has 4 atom stereocenters. The van der Waals surface area contributed by atoms with Crippen LogP contribution in [0.25, 0.3) is 0 Å². The van der Waals surface area contributed by atoms with Crippen molar-refractivity contribution in [1.29, 1.82) is 0 Å². The van der Waals surface area contributed by atoms with Crippen LogP contribution in [0.15, 0.2) is 0 Å². The van der Waals surface area contributed by atoms with Gasteiger partial charge in [0.25, 0.3) is 0 Å². The lowest BCUT2D eigenvalue weighted by Crippen LogP contribution is -2.27. The molecule has 0 saturated heterocycles. The second-order valence-corrected chi connectivity index (χ2v) is 7.32. The predicted molar refractivity (Wildman–Crippen MR) is 99.5 cm³/mol. The zero-order valence-electron chi connectivity index (χ0n) is 16.2. The van der Waals surface area contributed by atoms with Gasteiger partial charge >= 0.3 is 0 Å². The minimum atomic E-state index is -1.41. The van der Waals surface area contributed by atoms with Gasteiger partial charge in [0.15, 0.2) is 6.29 Å². The quantitative estimate of drug-likeness (QED) is 0.154. The number of aliphatic hydroxyl groups is 6. The number of unbranched alkanes of at least 4 members (excludes halogenated alkanes) is 4. The summed E-state index contributed by atoms with van der Waals surface area (Å²) in [4.78, 5) is 0. The van der Waals surface area contributed by atoms with E-state index in [1.807, 2.05) is 0 Å². The molecule has 0 radical (unpaired) electrons. The molecule has 0 aliphatic rings. The summed E-state index contributed by atoms with van der Waals surface area (Å²) in [5.74, 6) is 0.157. The molecule has 0 rings (SSSR count). The van der Waals surface area contributed by atoms with E-state index in [1.54, 1.807) is 6.92 Å². The van der Waals surface area contributed by atoms with E-state index in [-0.39, 0.29) is 38.3 Å². The Morgan fingerprint density at radius 3 is 2.00 bits per heavy atom. The monoisotopic (exact) mass is 380 g/mol. The van der Waals surface area contributed by atoms with Gasteiger partial charge in [0, 0.05) is 13.0 Å². The van der Waals surface area contributed by atoms with E-state index in [0.717, 1.165) is 38.5 Å². The first kappa shape index (κ1) is 25.7. The third-order valence-electron chi connectivity index (χ3n) is 4.51. The fraction of sp³-hybridized carbons (Fsp3) is 1.00. The Morgan fingerprint density at radius 1 is 0.769 bits per heavy atom. The lowest BCUT2D eigenvalue weighted by atomic mass is 9.88. The Kier molecular flexibility index (Phi) is 16.7. The molecule has 6 N–H and O–H groups in total. The van der Waals surface area contributed by atoms with Crippen LogP contribution in [0, 0.1) is 5.92 Å². The van der Waals surface area contributed by atoms with Crippen molar-refractivity contribution in [3.63, 3.8) is 0 Å². The summed E-state index contributed by atoms with van der Waals surface area (Å²) >= 11 is 0. The molecule has 0 aliphatic heterocycles. The van der Waals surface area contributed by atoms with Gasteiger partial charge in [-0.25, -0.2) is 0 Å². The molecule has 0 aromatic carbocycles. The third-order valence-corrected chi connectivity index (χ3v) is 4.51. The summed E-state index contributed by atoms with van der Waals surface area (Å²) in [7, 11) is 0. The normalized spacial score (nSPS) is 16.6. The molecule has 26 heavy (non-hydrogen) atoms. The number of ether oxygens (including phenoxy) is 1. The predicted octanol–water partition coefficient (Wildman–Crippen LogP) is 0.926. The smallest absolute Gasteiger partial charge is 0.151 e. The van der Waals surface area contributed by atoms with Crippen LogP contribution in [0.1, 0.15) is 71.1 Å². The molecule has 0 bridgehead atoms. The Bertz CT molecular complexity index is 300. The Balaban J connectivity index is 4.40. The number of aliphatic hydroxyl groups excluding tert-OH is 5. The van der Waals surface area contributed by atoms with E-state index in [4.69, 9.17) is 20.1 Å². The standard InChI is InChI=1S/C19H40O7/c1-15(22)14-26-18(13-21)12-16(7-5-3-2-4-6-10-20)11-17(23)8-9-19(24)25/h15-25H,2-14H2,1H3. The van der Waals surface area contributed by atoms with Crippen LogP contribution in [-0.2, 0) is 4.74 Å². The largest absolute Gasteiger partial charge is 0.396 e. The van der Waals surface area contributed by atoms with Crippen LogP contribution in [0.2, 0.25) is 0 Å². The number of hydrogen-bond donors (Lipinski definition) is 6. The van der Waals surface area contributed by atoms with Crippen LogP contribution in [0.3, 0.4) is 0 Å². The number of hydrogen-bond acceptors (Lipinski definition) is 7. The van der Waals surface area contributed by atoms with Crippen LogP contribution in [-0.4, -0.2) is 75.1 Å². The highest BCUT2D eigenvalue weighted by Gasteiger charge is 2.20. The topological polar surface area (TPSA) is 131 Å². The second kappa shape index (κ2) is 16.9. The van der Waals surface area contributed by atoms with Gasteiger partial charge in [-0.3, -0.25) is 0 Å². The molecular weight excluding hydrogens is 340 g/mol. The first-order chi connectivity index (χ1) is 12.4. The highest BCUT2D eigenvalue weighted by molar-refractivity contribution is 4.71. The zero-order chi connectivity index (χ0) is 19.8. The summed E-state index contributed by atoms with van der Waals surface area (Å²) in [6.45, 7) is 1.89. The third kappa shape index (κ3) is 15.9. The van der Waals surface area contributed by atoms with E-state index >= 15 is 0 Å². The van der Waals surface area contributed by atoms with Crippen LogP contribution in [0.5, 0.6) is 0 Å². The van der Waals surface area contributed by atoms with Crippen molar-refractivity contribution in [3.8, 4) is 0 Å². The Morgan fingerprint density at radius 2 is 1.42 bits per heavy atom. The van der Waals surface area contributed by atoms with E-state index in [9.17, 15) is 15.3 Å². The average molecular weight is 381 g/mol. The molecule has 0 aromatic rings. The molecule has 0 amide bonds. The highest BCUT2D eigenvalue weighted by Crippen LogP contribution is 2.24. The fourth-order valence-corrected chi connectivity index (χ4v) is 3.09. The molecule has 4 unspecified atom stereocenters. The molecule has 7 heteroatoms. The van der Waals surface area contributed by atoms with Crippen molar-refractivity contribution < 1.29 is 35.4 Å². The summed E-state index contributed by atoms with van der Waals surface area (Å²) in [6.07, 6.45) is 4.43. The maximum Gasteiger partial charge on any atom is 0.151 e. The second-order valence-electron chi connectivity index (χ2n) is 7.32. The van der Waals surface area contributed by atoms with Gasteiger partial charge in [-0.15, -0.1) is 0 Å². The van der Waals surface area contributed by atoms with Crippen LogP contribution in [0.4, 0.5) is 0 Å². The van der Waals surface area contributed by atoms with Crippen LogP contribution >= 0.6 is 0 Å². The summed E-state index contributed by atoms with van der Waals surface area (Å²) < 4.78 is 5.53. The average Bonchev–Trinajstić information content (AvgIpc) is 2.59. The highest BCUT2D eigenvalue weighted by atomic mass is 16.5. The van der Waals surface area contributed by atoms with E-state index in [2.05, 4.69) is 0 Å². The summed E-state index contributed by atoms with van der Waals surface area (Å²) in [5.41, 5.74) is 0. The van der Waals surface area contributed by atoms with E-state index < -0.39 is 18.5 Å². The SMILES string of the molecule is CC(O)COC(CO)CC(CCCCCCCO)CC(O)CCC(O)O. The van der Waals surface area contributed by atoms with Crippen molar-refractivity contribution in [2.75, 3.05) is 19.8 Å². The molecule has 0 spiro atoms. The van der Waals surface area contributed by atoms with Crippen molar-refractivity contribution in [1.82, 2.24) is 0 Å². The molecule has 7 nitrogen and oxygen atoms in total. The lowest BCUT2D eigenvalue weighted by Gasteiger charge is -2.25. The maximum absolute atomic E-state index is 10.2. The van der Waals surface area contributed by atoms with Crippen molar-refractivity contribution in [2.45, 2.75) is 95.7 Å². The van der Waals surface area contributed by atoms with Crippen LogP contribution < -0.4 is 0 Å². The van der Waals surface area contributed by atoms with E-state index in [0.29, 0.717) is 19.3 Å². The van der Waals surface area contributed by atoms with Gasteiger partial charge in [-0.05, 0) is 38.5 Å².